The van der Waals surface area contributed by atoms with Crippen LogP contribution in [0.1, 0.15) is 11.5 Å². The molecule has 0 aliphatic heterocycles. The summed E-state index contributed by atoms with van der Waals surface area (Å²) in [6, 6.07) is 8.25. The minimum absolute atomic E-state index is 0.101. The number of nitrogens with zero attached hydrogens (tertiary/aromatic N) is 1. The highest BCUT2D eigenvalue weighted by atomic mass is 35.5. The van der Waals surface area contributed by atoms with Gasteiger partial charge in [0.1, 0.15) is 16.5 Å². The monoisotopic (exact) mass is 266 g/mol. The van der Waals surface area contributed by atoms with Gasteiger partial charge in [-0.15, -0.1) is 0 Å². The molecule has 0 atom stereocenters. The van der Waals surface area contributed by atoms with E-state index in [2.05, 4.69) is 5.32 Å². The fourth-order valence-electron chi connectivity index (χ4n) is 1.53. The number of hydrogen-bond donors (Lipinski definition) is 1. The summed E-state index contributed by atoms with van der Waals surface area (Å²) in [4.78, 5) is 10.1. The molecule has 94 valence electrons. The van der Waals surface area contributed by atoms with E-state index in [4.69, 9.17) is 16.0 Å². The molecule has 1 N–H and O–H groups in total. The van der Waals surface area contributed by atoms with Crippen molar-refractivity contribution in [2.75, 3.05) is 5.32 Å². The van der Waals surface area contributed by atoms with Crippen LogP contribution in [0.4, 0.5) is 11.4 Å². The third-order valence-electron chi connectivity index (χ3n) is 2.41. The number of hydrogen-bond acceptors (Lipinski definition) is 4. The van der Waals surface area contributed by atoms with Crippen molar-refractivity contribution in [3.05, 3.63) is 57.0 Å². The van der Waals surface area contributed by atoms with Crippen LogP contribution >= 0.6 is 11.6 Å². The summed E-state index contributed by atoms with van der Waals surface area (Å²) in [5.74, 6) is 1.63. The van der Waals surface area contributed by atoms with Gasteiger partial charge in [-0.05, 0) is 31.2 Å². The van der Waals surface area contributed by atoms with E-state index in [9.17, 15) is 10.1 Å². The predicted molar refractivity (Wildman–Crippen MR) is 68.9 cm³/mol. The lowest BCUT2D eigenvalue weighted by molar-refractivity contribution is -0.384. The molecular weight excluding hydrogens is 256 g/mol. The predicted octanol–water partition coefficient (Wildman–Crippen LogP) is 3.76. The minimum atomic E-state index is -0.512. The molecule has 2 rings (SSSR count). The van der Waals surface area contributed by atoms with E-state index in [0.717, 1.165) is 11.5 Å². The Morgan fingerprint density at radius 1 is 1.39 bits per heavy atom. The molecule has 6 heteroatoms. The summed E-state index contributed by atoms with van der Waals surface area (Å²) >= 11 is 5.81. The second kappa shape index (κ2) is 5.10. The van der Waals surface area contributed by atoms with Crippen molar-refractivity contribution in [1.29, 1.82) is 0 Å². The zero-order valence-corrected chi connectivity index (χ0v) is 10.4. The first kappa shape index (κ1) is 12.4. The maximum Gasteiger partial charge on any atom is 0.288 e. The molecular formula is C12H11ClN2O3. The number of benzene rings is 1. The molecule has 0 saturated heterocycles. The smallest absolute Gasteiger partial charge is 0.288 e. The molecule has 0 unspecified atom stereocenters. The number of nitro groups is 1. The molecule has 1 aromatic carbocycles. The van der Waals surface area contributed by atoms with Crippen LogP contribution in [-0.4, -0.2) is 4.92 Å². The zero-order chi connectivity index (χ0) is 13.1. The van der Waals surface area contributed by atoms with Gasteiger partial charge >= 0.3 is 0 Å². The van der Waals surface area contributed by atoms with Gasteiger partial charge < -0.3 is 9.73 Å². The Hall–Kier alpha value is -2.01. The van der Waals surface area contributed by atoms with Gasteiger partial charge in [0, 0.05) is 11.8 Å². The first-order valence-electron chi connectivity index (χ1n) is 5.29. The number of halogens is 1. The second-order valence-electron chi connectivity index (χ2n) is 3.79. The van der Waals surface area contributed by atoms with Gasteiger partial charge in [-0.2, -0.15) is 0 Å². The molecule has 0 amide bonds. The highest BCUT2D eigenvalue weighted by Gasteiger charge is 2.11. The van der Waals surface area contributed by atoms with Crippen molar-refractivity contribution < 1.29 is 9.34 Å². The standard InChI is InChI=1S/C12H11ClN2O3/c1-8-2-4-10(18-8)7-14-9-3-5-12(15(16)17)11(13)6-9/h2-6,14H,7H2,1H3. The van der Waals surface area contributed by atoms with Crippen molar-refractivity contribution >= 4 is 23.0 Å². The van der Waals surface area contributed by atoms with Gasteiger partial charge in [0.25, 0.3) is 5.69 Å². The van der Waals surface area contributed by atoms with E-state index in [0.29, 0.717) is 12.2 Å². The Bertz CT molecular complexity index is 580. The van der Waals surface area contributed by atoms with E-state index in [-0.39, 0.29) is 10.7 Å². The van der Waals surface area contributed by atoms with Crippen molar-refractivity contribution in [1.82, 2.24) is 0 Å². The van der Waals surface area contributed by atoms with Gasteiger partial charge in [-0.25, -0.2) is 0 Å². The summed E-state index contributed by atoms with van der Waals surface area (Å²) in [5, 5.41) is 13.8. The Kier molecular flexibility index (Phi) is 3.53. The third kappa shape index (κ3) is 2.81. The van der Waals surface area contributed by atoms with Crippen molar-refractivity contribution in [2.24, 2.45) is 0 Å². The second-order valence-corrected chi connectivity index (χ2v) is 4.20. The lowest BCUT2D eigenvalue weighted by Crippen LogP contribution is -1.98. The number of aryl methyl sites for hydroxylation is 1. The maximum atomic E-state index is 10.6. The lowest BCUT2D eigenvalue weighted by atomic mass is 10.3. The summed E-state index contributed by atoms with van der Waals surface area (Å²) < 4.78 is 5.39. The number of rotatable bonds is 4. The van der Waals surface area contributed by atoms with Gasteiger partial charge in [-0.3, -0.25) is 10.1 Å². The normalized spacial score (nSPS) is 10.3. The largest absolute Gasteiger partial charge is 0.465 e. The van der Waals surface area contributed by atoms with E-state index >= 15 is 0 Å². The SMILES string of the molecule is Cc1ccc(CNc2ccc([N+](=O)[O-])c(Cl)c2)o1. The fourth-order valence-corrected chi connectivity index (χ4v) is 1.78. The number of nitro benzene ring substituents is 1. The maximum absolute atomic E-state index is 10.6. The topological polar surface area (TPSA) is 68.3 Å². The molecule has 18 heavy (non-hydrogen) atoms. The van der Waals surface area contributed by atoms with Crippen LogP contribution in [0.2, 0.25) is 5.02 Å². The minimum Gasteiger partial charge on any atom is -0.465 e. The summed E-state index contributed by atoms with van der Waals surface area (Å²) in [6.07, 6.45) is 0. The molecule has 2 aromatic rings. The quantitative estimate of drug-likeness (QED) is 0.676. The molecule has 0 radical (unpaired) electrons. The summed E-state index contributed by atoms with van der Waals surface area (Å²) in [7, 11) is 0. The van der Waals surface area contributed by atoms with Crippen molar-refractivity contribution in [3.63, 3.8) is 0 Å². The van der Waals surface area contributed by atoms with Crippen LogP contribution < -0.4 is 5.32 Å². The van der Waals surface area contributed by atoms with E-state index < -0.39 is 4.92 Å². The number of nitrogens with one attached hydrogen (secondary N) is 1. The number of anilines is 1. The highest BCUT2D eigenvalue weighted by molar-refractivity contribution is 6.32. The first-order chi connectivity index (χ1) is 8.56. The Balaban J connectivity index is 2.06. The van der Waals surface area contributed by atoms with E-state index in [1.807, 2.05) is 19.1 Å². The fraction of sp³-hybridized carbons (Fsp3) is 0.167. The van der Waals surface area contributed by atoms with E-state index in [1.165, 1.54) is 12.1 Å². The average Bonchev–Trinajstić information content (AvgIpc) is 2.72. The zero-order valence-electron chi connectivity index (χ0n) is 9.64. The Labute approximate surface area is 109 Å². The molecule has 0 saturated carbocycles. The summed E-state index contributed by atoms with van der Waals surface area (Å²) in [6.45, 7) is 2.37. The first-order valence-corrected chi connectivity index (χ1v) is 5.67. The molecule has 0 fully saturated rings. The highest BCUT2D eigenvalue weighted by Crippen LogP contribution is 2.27. The molecule has 1 aromatic heterocycles. The van der Waals surface area contributed by atoms with Crippen LogP contribution in [0.25, 0.3) is 0 Å². The third-order valence-corrected chi connectivity index (χ3v) is 2.71. The molecule has 0 aliphatic rings. The molecule has 0 bridgehead atoms. The van der Waals surface area contributed by atoms with Crippen LogP contribution in [0.3, 0.4) is 0 Å². The van der Waals surface area contributed by atoms with Gasteiger partial charge in [0.05, 0.1) is 11.5 Å². The Morgan fingerprint density at radius 3 is 2.72 bits per heavy atom. The average molecular weight is 267 g/mol. The van der Waals surface area contributed by atoms with Gasteiger partial charge in [-0.1, -0.05) is 11.6 Å². The van der Waals surface area contributed by atoms with Gasteiger partial charge in [0.2, 0.25) is 0 Å². The van der Waals surface area contributed by atoms with Crippen LogP contribution in [0.15, 0.2) is 34.7 Å². The molecule has 5 nitrogen and oxygen atoms in total. The molecule has 0 spiro atoms. The number of furan rings is 1. The van der Waals surface area contributed by atoms with Crippen LogP contribution in [0.5, 0.6) is 0 Å². The van der Waals surface area contributed by atoms with Gasteiger partial charge in [0.15, 0.2) is 0 Å². The van der Waals surface area contributed by atoms with Crippen LogP contribution in [-0.2, 0) is 6.54 Å². The Morgan fingerprint density at radius 2 is 2.17 bits per heavy atom. The van der Waals surface area contributed by atoms with E-state index in [1.54, 1.807) is 6.07 Å². The molecule has 1 heterocycles. The van der Waals surface area contributed by atoms with Crippen LogP contribution in [0, 0.1) is 17.0 Å². The van der Waals surface area contributed by atoms with Crippen molar-refractivity contribution in [3.8, 4) is 0 Å². The summed E-state index contributed by atoms with van der Waals surface area (Å²) in [5.41, 5.74) is 0.607. The van der Waals surface area contributed by atoms with Crippen molar-refractivity contribution in [2.45, 2.75) is 13.5 Å². The molecule has 0 aliphatic carbocycles. The lowest BCUT2D eigenvalue weighted by Gasteiger charge is -2.05.